The van der Waals surface area contributed by atoms with Gasteiger partial charge in [0.2, 0.25) is 5.91 Å². The van der Waals surface area contributed by atoms with Crippen LogP contribution in [0.5, 0.6) is 11.5 Å². The van der Waals surface area contributed by atoms with Crippen LogP contribution in [0.4, 0.5) is 11.4 Å². The molecular formula is C19H24N4O3. The molecule has 0 bridgehead atoms. The Balaban J connectivity index is 1.89. The maximum Gasteiger partial charge on any atom is 0.221 e. The van der Waals surface area contributed by atoms with Gasteiger partial charge in [-0.1, -0.05) is 12.1 Å². The summed E-state index contributed by atoms with van der Waals surface area (Å²) in [6.07, 6.45) is 0.745. The summed E-state index contributed by atoms with van der Waals surface area (Å²) < 4.78 is 10.5. The lowest BCUT2D eigenvalue weighted by Crippen LogP contribution is -2.23. The molecule has 0 aromatic heterocycles. The van der Waals surface area contributed by atoms with Gasteiger partial charge in [0.05, 0.1) is 14.2 Å². The molecule has 2 rings (SSSR count). The minimum Gasteiger partial charge on any atom is -0.493 e. The molecule has 0 unspecified atom stereocenters. The number of nitrogens with zero attached hydrogens (tertiary/aromatic N) is 1. The molecule has 0 spiro atoms. The number of aliphatic imine (C=N–C) groups is 1. The predicted octanol–water partition coefficient (Wildman–Crippen LogP) is 2.63. The Labute approximate surface area is 153 Å². The third-order valence-corrected chi connectivity index (χ3v) is 3.61. The molecule has 0 radical (unpaired) electrons. The van der Waals surface area contributed by atoms with Crippen LogP contribution < -0.4 is 25.8 Å². The van der Waals surface area contributed by atoms with Crippen molar-refractivity contribution < 1.29 is 14.3 Å². The lowest BCUT2D eigenvalue weighted by Gasteiger charge is -2.11. The summed E-state index contributed by atoms with van der Waals surface area (Å²) in [6.45, 7) is 2.03. The van der Waals surface area contributed by atoms with Crippen LogP contribution in [0.2, 0.25) is 0 Å². The highest BCUT2D eigenvalue weighted by molar-refractivity contribution is 5.92. The zero-order valence-electron chi connectivity index (χ0n) is 15.2. The summed E-state index contributed by atoms with van der Waals surface area (Å²) in [5, 5.41) is 5.77. The van der Waals surface area contributed by atoms with Crippen LogP contribution in [0.3, 0.4) is 0 Å². The fourth-order valence-electron chi connectivity index (χ4n) is 2.36. The number of anilines is 2. The molecule has 1 amide bonds. The number of nitrogens with two attached hydrogens (primary N) is 1. The fourth-order valence-corrected chi connectivity index (χ4v) is 2.36. The largest absolute Gasteiger partial charge is 0.493 e. The molecule has 2 aromatic carbocycles. The van der Waals surface area contributed by atoms with E-state index in [2.05, 4.69) is 15.6 Å². The number of amides is 1. The maximum atomic E-state index is 11.0. The highest BCUT2D eigenvalue weighted by Crippen LogP contribution is 2.29. The Morgan fingerprint density at radius 1 is 1.00 bits per heavy atom. The SMILES string of the molecule is COc1ccc(NC(N)=NCCc2ccc(NC(C)=O)cc2)cc1OC. The van der Waals surface area contributed by atoms with Gasteiger partial charge in [0.25, 0.3) is 0 Å². The van der Waals surface area contributed by atoms with Gasteiger partial charge in [-0.3, -0.25) is 9.79 Å². The molecule has 0 saturated heterocycles. The van der Waals surface area contributed by atoms with E-state index in [1.54, 1.807) is 26.4 Å². The van der Waals surface area contributed by atoms with Gasteiger partial charge in [0, 0.05) is 30.9 Å². The Morgan fingerprint density at radius 3 is 2.27 bits per heavy atom. The maximum absolute atomic E-state index is 11.0. The van der Waals surface area contributed by atoms with Crippen LogP contribution in [0, 0.1) is 0 Å². The molecule has 0 saturated carbocycles. The second-order valence-corrected chi connectivity index (χ2v) is 5.59. The number of benzene rings is 2. The average molecular weight is 356 g/mol. The van der Waals surface area contributed by atoms with Gasteiger partial charge >= 0.3 is 0 Å². The number of carbonyl (C=O) groups is 1. The lowest BCUT2D eigenvalue weighted by molar-refractivity contribution is -0.114. The Hall–Kier alpha value is -3.22. The summed E-state index contributed by atoms with van der Waals surface area (Å²) in [6, 6.07) is 13.1. The van der Waals surface area contributed by atoms with Crippen molar-refractivity contribution in [2.24, 2.45) is 10.7 Å². The number of methoxy groups -OCH3 is 2. The Bertz CT molecular complexity index is 773. The van der Waals surface area contributed by atoms with Gasteiger partial charge in [0.1, 0.15) is 0 Å². The number of guanidine groups is 1. The van der Waals surface area contributed by atoms with E-state index in [1.165, 1.54) is 6.92 Å². The van der Waals surface area contributed by atoms with Crippen LogP contribution >= 0.6 is 0 Å². The first-order valence-corrected chi connectivity index (χ1v) is 8.17. The zero-order valence-corrected chi connectivity index (χ0v) is 15.2. The van der Waals surface area contributed by atoms with E-state index < -0.39 is 0 Å². The first-order chi connectivity index (χ1) is 12.5. The lowest BCUT2D eigenvalue weighted by atomic mass is 10.1. The quantitative estimate of drug-likeness (QED) is 0.523. The van der Waals surface area contributed by atoms with E-state index in [0.717, 1.165) is 23.4 Å². The second kappa shape index (κ2) is 9.31. The highest BCUT2D eigenvalue weighted by Gasteiger charge is 2.05. The summed E-state index contributed by atoms with van der Waals surface area (Å²) in [5.74, 6) is 1.50. The minimum atomic E-state index is -0.0867. The molecule has 0 fully saturated rings. The van der Waals surface area contributed by atoms with Crippen LogP contribution in [0.1, 0.15) is 12.5 Å². The predicted molar refractivity (Wildman–Crippen MR) is 104 cm³/mol. The molecular weight excluding hydrogens is 332 g/mol. The van der Waals surface area contributed by atoms with Crippen molar-refractivity contribution in [1.29, 1.82) is 0 Å². The molecule has 7 nitrogen and oxygen atoms in total. The molecule has 138 valence electrons. The van der Waals surface area contributed by atoms with Gasteiger partial charge in [-0.15, -0.1) is 0 Å². The third kappa shape index (κ3) is 5.70. The molecule has 26 heavy (non-hydrogen) atoms. The standard InChI is InChI=1S/C19H24N4O3/c1-13(24)22-15-6-4-14(5-7-15)10-11-21-19(20)23-16-8-9-17(25-2)18(12-16)26-3/h4-9,12H,10-11H2,1-3H3,(H,22,24)(H3,20,21,23). The molecule has 7 heteroatoms. The number of ether oxygens (including phenoxy) is 2. The van der Waals surface area contributed by atoms with Crippen LogP contribution in [-0.2, 0) is 11.2 Å². The highest BCUT2D eigenvalue weighted by atomic mass is 16.5. The Kier molecular flexibility index (Phi) is 6.84. The van der Waals surface area contributed by atoms with Gasteiger partial charge < -0.3 is 25.8 Å². The minimum absolute atomic E-state index is 0.0867. The number of hydrogen-bond donors (Lipinski definition) is 3. The molecule has 0 atom stereocenters. The van der Waals surface area contributed by atoms with Crippen molar-refractivity contribution in [3.63, 3.8) is 0 Å². The zero-order chi connectivity index (χ0) is 18.9. The monoisotopic (exact) mass is 356 g/mol. The van der Waals surface area contributed by atoms with Gasteiger partial charge in [-0.05, 0) is 36.2 Å². The first-order valence-electron chi connectivity index (χ1n) is 8.17. The van der Waals surface area contributed by atoms with Crippen molar-refractivity contribution in [3.05, 3.63) is 48.0 Å². The summed E-state index contributed by atoms with van der Waals surface area (Å²) >= 11 is 0. The van der Waals surface area contributed by atoms with Crippen molar-refractivity contribution >= 4 is 23.2 Å². The van der Waals surface area contributed by atoms with Crippen molar-refractivity contribution in [1.82, 2.24) is 0 Å². The smallest absolute Gasteiger partial charge is 0.221 e. The molecule has 0 aliphatic heterocycles. The third-order valence-electron chi connectivity index (χ3n) is 3.61. The summed E-state index contributed by atoms with van der Waals surface area (Å²) in [4.78, 5) is 15.3. The van der Waals surface area contributed by atoms with Crippen molar-refractivity contribution in [2.45, 2.75) is 13.3 Å². The van der Waals surface area contributed by atoms with Gasteiger partial charge in [0.15, 0.2) is 17.5 Å². The van der Waals surface area contributed by atoms with Crippen LogP contribution in [0.25, 0.3) is 0 Å². The fraction of sp³-hybridized carbons (Fsp3) is 0.263. The topological polar surface area (TPSA) is 98.0 Å². The molecule has 0 heterocycles. The first kappa shape index (κ1) is 19.1. The molecule has 0 aliphatic rings. The molecule has 0 aliphatic carbocycles. The van der Waals surface area contributed by atoms with Crippen molar-refractivity contribution in [2.75, 3.05) is 31.4 Å². The van der Waals surface area contributed by atoms with Gasteiger partial charge in [-0.2, -0.15) is 0 Å². The molecule has 4 N–H and O–H groups in total. The van der Waals surface area contributed by atoms with Crippen LogP contribution in [0.15, 0.2) is 47.5 Å². The molecule has 2 aromatic rings. The van der Waals surface area contributed by atoms with E-state index >= 15 is 0 Å². The second-order valence-electron chi connectivity index (χ2n) is 5.59. The average Bonchev–Trinajstić information content (AvgIpc) is 2.62. The summed E-state index contributed by atoms with van der Waals surface area (Å²) in [5.41, 5.74) is 8.59. The van der Waals surface area contributed by atoms with E-state index in [1.807, 2.05) is 30.3 Å². The van der Waals surface area contributed by atoms with E-state index in [9.17, 15) is 4.79 Å². The number of carbonyl (C=O) groups excluding carboxylic acids is 1. The number of hydrogen-bond acceptors (Lipinski definition) is 4. The van der Waals surface area contributed by atoms with E-state index in [0.29, 0.717) is 24.0 Å². The van der Waals surface area contributed by atoms with E-state index in [4.69, 9.17) is 15.2 Å². The summed E-state index contributed by atoms with van der Waals surface area (Å²) in [7, 11) is 3.17. The normalized spacial score (nSPS) is 11.0. The number of rotatable bonds is 7. The Morgan fingerprint density at radius 2 is 1.65 bits per heavy atom. The van der Waals surface area contributed by atoms with E-state index in [-0.39, 0.29) is 5.91 Å². The number of nitrogens with one attached hydrogen (secondary N) is 2. The van der Waals surface area contributed by atoms with Crippen molar-refractivity contribution in [3.8, 4) is 11.5 Å². The van der Waals surface area contributed by atoms with Gasteiger partial charge in [-0.25, -0.2) is 0 Å². The van der Waals surface area contributed by atoms with Crippen LogP contribution in [-0.4, -0.2) is 32.6 Å².